The smallest absolute Gasteiger partial charge is 0.150 e. The number of nitrogens with zero attached hydrogens (tertiary/aromatic N) is 1. The van der Waals surface area contributed by atoms with Crippen molar-refractivity contribution in [1.29, 1.82) is 5.41 Å². The second kappa shape index (κ2) is 5.80. The van der Waals surface area contributed by atoms with Gasteiger partial charge in [0.2, 0.25) is 0 Å². The number of halogens is 2. The lowest BCUT2D eigenvalue weighted by atomic mass is 10.1. The predicted octanol–water partition coefficient (Wildman–Crippen LogP) is 2.87. The van der Waals surface area contributed by atoms with Crippen LogP contribution in [0.1, 0.15) is 32.3 Å². The van der Waals surface area contributed by atoms with Gasteiger partial charge in [0, 0.05) is 18.7 Å². The van der Waals surface area contributed by atoms with E-state index in [1.54, 1.807) is 11.9 Å². The van der Waals surface area contributed by atoms with E-state index in [-0.39, 0.29) is 23.1 Å². The normalized spacial score (nSPS) is 12.3. The third-order valence-electron chi connectivity index (χ3n) is 3.05. The zero-order valence-electron chi connectivity index (χ0n) is 10.9. The molecule has 100 valence electrons. The molecule has 0 aliphatic rings. The molecule has 0 fully saturated rings. The lowest BCUT2D eigenvalue weighted by molar-refractivity contribution is 0.547. The molecular formula is C13H19F2N3. The van der Waals surface area contributed by atoms with Gasteiger partial charge in [-0.15, -0.1) is 0 Å². The molecule has 1 aromatic carbocycles. The first-order chi connectivity index (χ1) is 8.38. The zero-order chi connectivity index (χ0) is 13.9. The third kappa shape index (κ3) is 2.97. The van der Waals surface area contributed by atoms with Crippen LogP contribution in [0.25, 0.3) is 0 Å². The Labute approximate surface area is 106 Å². The van der Waals surface area contributed by atoms with Crippen LogP contribution < -0.4 is 10.6 Å². The van der Waals surface area contributed by atoms with Crippen LogP contribution in [0.5, 0.6) is 0 Å². The van der Waals surface area contributed by atoms with Gasteiger partial charge in [-0.05, 0) is 25.5 Å². The molecule has 0 bridgehead atoms. The maximum Gasteiger partial charge on any atom is 0.150 e. The third-order valence-corrected chi connectivity index (χ3v) is 3.05. The van der Waals surface area contributed by atoms with Crippen molar-refractivity contribution in [2.24, 2.45) is 5.73 Å². The fraction of sp³-hybridized carbons (Fsp3) is 0.462. The van der Waals surface area contributed by atoms with Crippen LogP contribution in [0.2, 0.25) is 0 Å². The van der Waals surface area contributed by atoms with Crippen LogP contribution in [0, 0.1) is 17.0 Å². The van der Waals surface area contributed by atoms with E-state index in [0.717, 1.165) is 25.0 Å². The molecule has 3 N–H and O–H groups in total. The van der Waals surface area contributed by atoms with Crippen molar-refractivity contribution in [3.8, 4) is 0 Å². The van der Waals surface area contributed by atoms with E-state index in [9.17, 15) is 8.78 Å². The van der Waals surface area contributed by atoms with Crippen molar-refractivity contribution in [3.63, 3.8) is 0 Å². The van der Waals surface area contributed by atoms with Crippen molar-refractivity contribution in [2.45, 2.75) is 32.7 Å². The molecule has 1 unspecified atom stereocenters. The molecule has 0 radical (unpaired) electrons. The molecule has 0 aromatic heterocycles. The van der Waals surface area contributed by atoms with E-state index in [4.69, 9.17) is 11.1 Å². The number of nitrogens with one attached hydrogen (secondary N) is 1. The van der Waals surface area contributed by atoms with Crippen molar-refractivity contribution in [1.82, 2.24) is 0 Å². The molecule has 0 saturated carbocycles. The average molecular weight is 255 g/mol. The highest BCUT2D eigenvalue weighted by Crippen LogP contribution is 2.26. The lowest BCUT2D eigenvalue weighted by Gasteiger charge is -2.27. The topological polar surface area (TPSA) is 53.1 Å². The number of amidine groups is 1. The highest BCUT2D eigenvalue weighted by Gasteiger charge is 2.19. The van der Waals surface area contributed by atoms with Gasteiger partial charge in [0.05, 0.1) is 0 Å². The maximum atomic E-state index is 13.9. The van der Waals surface area contributed by atoms with Gasteiger partial charge in [0.1, 0.15) is 23.2 Å². The number of nitrogen functional groups attached to an aromatic ring is 1. The van der Waals surface area contributed by atoms with E-state index < -0.39 is 11.6 Å². The van der Waals surface area contributed by atoms with Gasteiger partial charge in [-0.3, -0.25) is 5.41 Å². The molecule has 1 rings (SSSR count). The number of hydrogen-bond donors (Lipinski definition) is 2. The molecule has 0 aliphatic heterocycles. The highest BCUT2D eigenvalue weighted by atomic mass is 19.1. The number of hydrogen-bond acceptors (Lipinski definition) is 2. The first kappa shape index (κ1) is 14.4. The Morgan fingerprint density at radius 2 is 1.89 bits per heavy atom. The van der Waals surface area contributed by atoms with Crippen molar-refractivity contribution < 1.29 is 8.78 Å². The van der Waals surface area contributed by atoms with Crippen LogP contribution in [-0.2, 0) is 0 Å². The quantitative estimate of drug-likeness (QED) is 0.628. The second-order valence-corrected chi connectivity index (χ2v) is 4.45. The van der Waals surface area contributed by atoms with Crippen LogP contribution in [0.3, 0.4) is 0 Å². The monoisotopic (exact) mass is 255 g/mol. The standard InChI is InChI=1S/C13H19F2N3/c1-4-5-8(2)18(3)12-10(14)6-9(13(16)17)7-11(12)15/h6-8H,4-5H2,1-3H3,(H3,16,17). The minimum atomic E-state index is -0.689. The summed E-state index contributed by atoms with van der Waals surface area (Å²) >= 11 is 0. The average Bonchev–Trinajstić information content (AvgIpc) is 2.27. The van der Waals surface area contributed by atoms with Crippen molar-refractivity contribution >= 4 is 11.5 Å². The van der Waals surface area contributed by atoms with Gasteiger partial charge in [-0.1, -0.05) is 13.3 Å². The van der Waals surface area contributed by atoms with Crippen LogP contribution in [0.15, 0.2) is 12.1 Å². The second-order valence-electron chi connectivity index (χ2n) is 4.45. The number of anilines is 1. The molecule has 0 heterocycles. The fourth-order valence-electron chi connectivity index (χ4n) is 1.89. The molecule has 0 aliphatic carbocycles. The molecule has 0 spiro atoms. The van der Waals surface area contributed by atoms with Crippen LogP contribution in [-0.4, -0.2) is 18.9 Å². The van der Waals surface area contributed by atoms with Gasteiger partial charge >= 0.3 is 0 Å². The molecule has 0 saturated heterocycles. The van der Waals surface area contributed by atoms with E-state index in [1.807, 2.05) is 13.8 Å². The number of nitrogens with two attached hydrogens (primary N) is 1. The van der Waals surface area contributed by atoms with E-state index in [2.05, 4.69) is 0 Å². The first-order valence-electron chi connectivity index (χ1n) is 5.94. The molecule has 1 aromatic rings. The van der Waals surface area contributed by atoms with Gasteiger partial charge in [-0.25, -0.2) is 8.78 Å². The van der Waals surface area contributed by atoms with Gasteiger partial charge < -0.3 is 10.6 Å². The zero-order valence-corrected chi connectivity index (χ0v) is 10.9. The van der Waals surface area contributed by atoms with Gasteiger partial charge in [0.15, 0.2) is 0 Å². The van der Waals surface area contributed by atoms with Crippen LogP contribution in [0.4, 0.5) is 14.5 Å². The van der Waals surface area contributed by atoms with E-state index in [1.165, 1.54) is 0 Å². The summed E-state index contributed by atoms with van der Waals surface area (Å²) in [6.45, 7) is 3.94. The Kier molecular flexibility index (Phi) is 4.64. The Morgan fingerprint density at radius 3 is 2.28 bits per heavy atom. The number of rotatable bonds is 5. The largest absolute Gasteiger partial charge is 0.384 e. The lowest BCUT2D eigenvalue weighted by Crippen LogP contribution is -2.30. The summed E-state index contributed by atoms with van der Waals surface area (Å²) in [5, 5.41) is 7.19. The summed E-state index contributed by atoms with van der Waals surface area (Å²) in [7, 11) is 1.66. The minimum Gasteiger partial charge on any atom is -0.384 e. The predicted molar refractivity (Wildman–Crippen MR) is 70.1 cm³/mol. The Bertz CT molecular complexity index is 423. The van der Waals surface area contributed by atoms with Crippen molar-refractivity contribution in [3.05, 3.63) is 29.3 Å². The summed E-state index contributed by atoms with van der Waals surface area (Å²) in [5.41, 5.74) is 5.21. The SMILES string of the molecule is CCCC(C)N(C)c1c(F)cc(C(=N)N)cc1F. The molecule has 3 nitrogen and oxygen atoms in total. The van der Waals surface area contributed by atoms with E-state index >= 15 is 0 Å². The molecule has 18 heavy (non-hydrogen) atoms. The molecule has 5 heteroatoms. The molecular weight excluding hydrogens is 236 g/mol. The fourth-order valence-corrected chi connectivity index (χ4v) is 1.89. The van der Waals surface area contributed by atoms with Crippen molar-refractivity contribution in [2.75, 3.05) is 11.9 Å². The summed E-state index contributed by atoms with van der Waals surface area (Å²) in [5.74, 6) is -1.72. The summed E-state index contributed by atoms with van der Waals surface area (Å²) < 4.78 is 27.8. The maximum absolute atomic E-state index is 13.9. The van der Waals surface area contributed by atoms with Gasteiger partial charge in [-0.2, -0.15) is 0 Å². The molecule has 0 amide bonds. The Balaban J connectivity index is 3.13. The first-order valence-corrected chi connectivity index (χ1v) is 5.94. The van der Waals surface area contributed by atoms with Gasteiger partial charge in [0.25, 0.3) is 0 Å². The number of benzene rings is 1. The Hall–Kier alpha value is -1.65. The summed E-state index contributed by atoms with van der Waals surface area (Å²) in [6, 6.07) is 2.23. The highest BCUT2D eigenvalue weighted by molar-refractivity contribution is 5.95. The Morgan fingerprint density at radius 1 is 1.39 bits per heavy atom. The molecule has 1 atom stereocenters. The van der Waals surface area contributed by atoms with E-state index in [0.29, 0.717) is 0 Å². The minimum absolute atomic E-state index is 0.0437. The summed E-state index contributed by atoms with van der Waals surface area (Å²) in [4.78, 5) is 1.58. The van der Waals surface area contributed by atoms with Crippen LogP contribution >= 0.6 is 0 Å². The summed E-state index contributed by atoms with van der Waals surface area (Å²) in [6.07, 6.45) is 1.80.